The smallest absolute Gasteiger partial charge is 0.239 e. The molecule has 2 N–H and O–H groups in total. The number of halogens is 1. The van der Waals surface area contributed by atoms with Crippen LogP contribution in [0.15, 0.2) is 58.7 Å². The van der Waals surface area contributed by atoms with E-state index in [4.69, 9.17) is 11.6 Å². The average molecular weight is 360 g/mol. The minimum Gasteiger partial charge on any atom is -0.508 e. The number of rotatable bonds is 4. The Morgan fingerprint density at radius 2 is 2.04 bits per heavy atom. The Balaban J connectivity index is 1.62. The number of hydrogen-bond acceptors (Lipinski definition) is 5. The Labute approximate surface area is 148 Å². The molecule has 0 aliphatic carbocycles. The van der Waals surface area contributed by atoms with Crippen LogP contribution in [0, 0.1) is 0 Å². The first-order chi connectivity index (χ1) is 11.6. The van der Waals surface area contributed by atoms with Gasteiger partial charge in [0.25, 0.3) is 0 Å². The van der Waals surface area contributed by atoms with Gasteiger partial charge < -0.3 is 10.4 Å². The quantitative estimate of drug-likeness (QED) is 0.650. The van der Waals surface area contributed by atoms with Crippen LogP contribution >= 0.6 is 23.4 Å². The summed E-state index contributed by atoms with van der Waals surface area (Å²) in [6.07, 6.45) is 2.14. The molecule has 1 aliphatic heterocycles. The number of benzene rings is 2. The Hall–Kier alpha value is -2.31. The molecule has 1 heterocycles. The van der Waals surface area contributed by atoms with Gasteiger partial charge in [0.05, 0.1) is 11.5 Å². The van der Waals surface area contributed by atoms with Crippen molar-refractivity contribution in [3.8, 4) is 5.75 Å². The van der Waals surface area contributed by atoms with Gasteiger partial charge in [0.15, 0.2) is 5.17 Å². The van der Waals surface area contributed by atoms with E-state index in [1.54, 1.807) is 36.5 Å². The van der Waals surface area contributed by atoms with E-state index < -0.39 is 0 Å². The zero-order valence-corrected chi connectivity index (χ0v) is 14.1. The SMILES string of the molecule is O=C1N/C(=N/N=C\c2ccc(O)cc2)S[C@@H]1Cc1cccc(Cl)c1. The Morgan fingerprint density at radius 1 is 1.25 bits per heavy atom. The largest absolute Gasteiger partial charge is 0.508 e. The summed E-state index contributed by atoms with van der Waals surface area (Å²) in [6, 6.07) is 14.1. The fourth-order valence-electron chi connectivity index (χ4n) is 2.17. The van der Waals surface area contributed by atoms with E-state index in [2.05, 4.69) is 15.5 Å². The molecule has 1 aliphatic rings. The summed E-state index contributed by atoms with van der Waals surface area (Å²) in [7, 11) is 0. The molecule has 1 saturated heterocycles. The molecule has 0 aromatic heterocycles. The minimum atomic E-state index is -0.244. The third-order valence-electron chi connectivity index (χ3n) is 3.34. The maximum absolute atomic E-state index is 12.0. The van der Waals surface area contributed by atoms with Crippen molar-refractivity contribution in [2.24, 2.45) is 10.2 Å². The normalized spacial score (nSPS) is 19.1. The maximum Gasteiger partial charge on any atom is 0.239 e. The van der Waals surface area contributed by atoms with Gasteiger partial charge in [0.2, 0.25) is 5.91 Å². The van der Waals surface area contributed by atoms with E-state index >= 15 is 0 Å². The molecule has 0 radical (unpaired) electrons. The molecule has 1 atom stereocenters. The van der Waals surface area contributed by atoms with E-state index in [9.17, 15) is 9.90 Å². The van der Waals surface area contributed by atoms with Gasteiger partial charge >= 0.3 is 0 Å². The number of thioether (sulfide) groups is 1. The molecular weight excluding hydrogens is 346 g/mol. The number of aromatic hydroxyl groups is 1. The molecule has 24 heavy (non-hydrogen) atoms. The molecule has 5 nitrogen and oxygen atoms in total. The summed E-state index contributed by atoms with van der Waals surface area (Å²) in [5.41, 5.74) is 1.81. The fraction of sp³-hybridized carbons (Fsp3) is 0.118. The Kier molecular flexibility index (Phi) is 5.17. The molecular formula is C17H14ClN3O2S. The summed E-state index contributed by atoms with van der Waals surface area (Å²) in [6.45, 7) is 0. The summed E-state index contributed by atoms with van der Waals surface area (Å²) in [5.74, 6) is 0.111. The number of carbonyl (C=O) groups is 1. The second-order valence-corrected chi connectivity index (χ2v) is 6.80. The van der Waals surface area contributed by atoms with Gasteiger partial charge in [0.1, 0.15) is 5.75 Å². The monoisotopic (exact) mass is 359 g/mol. The van der Waals surface area contributed by atoms with Crippen LogP contribution in [0.1, 0.15) is 11.1 Å². The molecule has 3 rings (SSSR count). The first-order valence-electron chi connectivity index (χ1n) is 7.22. The highest BCUT2D eigenvalue weighted by Crippen LogP contribution is 2.24. The van der Waals surface area contributed by atoms with E-state index in [-0.39, 0.29) is 16.9 Å². The minimum absolute atomic E-state index is 0.0847. The lowest BCUT2D eigenvalue weighted by molar-refractivity contribution is -0.118. The molecule has 1 amide bonds. The summed E-state index contributed by atoms with van der Waals surface area (Å²) in [4.78, 5) is 12.0. The van der Waals surface area contributed by atoms with Gasteiger partial charge in [0, 0.05) is 5.02 Å². The number of phenols is 1. The lowest BCUT2D eigenvalue weighted by Crippen LogP contribution is -2.25. The molecule has 122 valence electrons. The highest BCUT2D eigenvalue weighted by molar-refractivity contribution is 8.15. The molecule has 0 saturated carbocycles. The second kappa shape index (κ2) is 7.51. The van der Waals surface area contributed by atoms with Crippen molar-refractivity contribution in [1.82, 2.24) is 5.32 Å². The van der Waals surface area contributed by atoms with E-state index in [1.165, 1.54) is 11.8 Å². The van der Waals surface area contributed by atoms with E-state index in [0.717, 1.165) is 11.1 Å². The van der Waals surface area contributed by atoms with Crippen LogP contribution in [0.2, 0.25) is 5.02 Å². The summed E-state index contributed by atoms with van der Waals surface area (Å²) >= 11 is 7.32. The van der Waals surface area contributed by atoms with Crippen LogP contribution in [0.5, 0.6) is 5.75 Å². The maximum atomic E-state index is 12.0. The molecule has 0 unspecified atom stereocenters. The summed E-state index contributed by atoms with van der Waals surface area (Å²) in [5, 5.41) is 20.8. The van der Waals surface area contributed by atoms with Crippen LogP contribution in [-0.4, -0.2) is 27.6 Å². The Morgan fingerprint density at radius 3 is 2.79 bits per heavy atom. The lowest BCUT2D eigenvalue weighted by atomic mass is 10.1. The molecule has 7 heteroatoms. The lowest BCUT2D eigenvalue weighted by Gasteiger charge is -2.05. The fourth-order valence-corrected chi connectivity index (χ4v) is 3.35. The highest BCUT2D eigenvalue weighted by atomic mass is 35.5. The van der Waals surface area contributed by atoms with Gasteiger partial charge in [-0.15, -0.1) is 5.10 Å². The van der Waals surface area contributed by atoms with Crippen molar-refractivity contribution in [3.05, 3.63) is 64.7 Å². The number of nitrogens with one attached hydrogen (secondary N) is 1. The highest BCUT2D eigenvalue weighted by Gasteiger charge is 2.30. The number of hydrogen-bond donors (Lipinski definition) is 2. The van der Waals surface area contributed by atoms with Crippen LogP contribution in [-0.2, 0) is 11.2 Å². The number of phenolic OH excluding ortho intramolecular Hbond substituents is 1. The summed E-state index contributed by atoms with van der Waals surface area (Å²) < 4.78 is 0. The average Bonchev–Trinajstić information content (AvgIpc) is 2.89. The van der Waals surface area contributed by atoms with Crippen molar-refractivity contribution in [2.75, 3.05) is 0 Å². The number of amidine groups is 1. The third kappa shape index (κ3) is 4.37. The zero-order chi connectivity index (χ0) is 16.9. The van der Waals surface area contributed by atoms with Crippen molar-refractivity contribution in [2.45, 2.75) is 11.7 Å². The zero-order valence-electron chi connectivity index (χ0n) is 12.5. The van der Waals surface area contributed by atoms with Crippen LogP contribution in [0.25, 0.3) is 0 Å². The number of nitrogens with zero attached hydrogens (tertiary/aromatic N) is 2. The van der Waals surface area contributed by atoms with Gasteiger partial charge in [-0.25, -0.2) is 0 Å². The first-order valence-corrected chi connectivity index (χ1v) is 8.48. The predicted molar refractivity (Wildman–Crippen MR) is 97.8 cm³/mol. The molecule has 2 aromatic carbocycles. The number of carbonyl (C=O) groups excluding carboxylic acids is 1. The van der Waals surface area contributed by atoms with Gasteiger partial charge in [-0.1, -0.05) is 35.5 Å². The van der Waals surface area contributed by atoms with Crippen LogP contribution in [0.3, 0.4) is 0 Å². The van der Waals surface area contributed by atoms with Gasteiger partial charge in [-0.3, -0.25) is 4.79 Å². The topological polar surface area (TPSA) is 74.0 Å². The number of amides is 1. The van der Waals surface area contributed by atoms with Crippen molar-refractivity contribution in [1.29, 1.82) is 0 Å². The molecule has 2 aromatic rings. The second-order valence-electron chi connectivity index (χ2n) is 5.17. The van der Waals surface area contributed by atoms with Gasteiger partial charge in [-0.05, 0) is 53.9 Å². The molecule has 0 spiro atoms. The van der Waals surface area contributed by atoms with Crippen molar-refractivity contribution < 1.29 is 9.90 Å². The van der Waals surface area contributed by atoms with E-state index in [0.29, 0.717) is 16.6 Å². The molecule has 0 bridgehead atoms. The predicted octanol–water partition coefficient (Wildman–Crippen LogP) is 3.21. The van der Waals surface area contributed by atoms with Crippen LogP contribution < -0.4 is 5.32 Å². The van der Waals surface area contributed by atoms with Gasteiger partial charge in [-0.2, -0.15) is 5.10 Å². The Bertz CT molecular complexity index is 806. The third-order valence-corrected chi connectivity index (χ3v) is 4.64. The van der Waals surface area contributed by atoms with Crippen molar-refractivity contribution >= 4 is 40.7 Å². The standard InChI is InChI=1S/C17H14ClN3O2S/c18-13-3-1-2-12(8-13)9-15-16(23)20-17(24-15)21-19-10-11-4-6-14(22)7-5-11/h1-8,10,15,22H,9H2,(H,20,21,23)/b19-10-/t15-/m1/s1. The van der Waals surface area contributed by atoms with Crippen LogP contribution in [0.4, 0.5) is 0 Å². The first kappa shape index (κ1) is 16.5. The van der Waals surface area contributed by atoms with Crippen molar-refractivity contribution in [3.63, 3.8) is 0 Å². The van der Waals surface area contributed by atoms with E-state index in [1.807, 2.05) is 18.2 Å². The molecule has 1 fully saturated rings.